The smallest absolute Gasteiger partial charge is 0.356 e. The van der Waals surface area contributed by atoms with Gasteiger partial charge in [-0.15, -0.1) is 0 Å². The number of nitrogens with zero attached hydrogens (tertiary/aromatic N) is 2. The van der Waals surface area contributed by atoms with E-state index in [-0.39, 0.29) is 12.8 Å². The Morgan fingerprint density at radius 3 is 2.47 bits per heavy atom. The van der Waals surface area contributed by atoms with E-state index < -0.39 is 12.1 Å². The van der Waals surface area contributed by atoms with Gasteiger partial charge in [-0.1, -0.05) is 0 Å². The quantitative estimate of drug-likeness (QED) is 0.776. The highest BCUT2D eigenvalue weighted by Crippen LogP contribution is 2.35. The first-order valence-electron chi connectivity index (χ1n) is 6.15. The summed E-state index contributed by atoms with van der Waals surface area (Å²) in [5, 5.41) is 0. The molecule has 0 amide bonds. The minimum atomic E-state index is -4.10. The molecule has 104 valence electrons. The first-order valence-corrected chi connectivity index (χ1v) is 6.15. The zero-order valence-corrected chi connectivity index (χ0v) is 10.6. The van der Waals surface area contributed by atoms with Gasteiger partial charge in [0.2, 0.25) is 0 Å². The molecule has 0 spiro atoms. The van der Waals surface area contributed by atoms with Crippen LogP contribution in [0.1, 0.15) is 28.8 Å². The van der Waals surface area contributed by atoms with E-state index in [2.05, 4.69) is 4.98 Å². The summed E-state index contributed by atoms with van der Waals surface area (Å²) >= 11 is 0. The fourth-order valence-electron chi connectivity index (χ4n) is 2.40. The van der Waals surface area contributed by atoms with Crippen molar-refractivity contribution in [3.8, 4) is 0 Å². The second-order valence-electron chi connectivity index (χ2n) is 4.83. The van der Waals surface area contributed by atoms with E-state index in [0.717, 1.165) is 5.56 Å². The lowest BCUT2D eigenvalue weighted by atomic mass is 9.96. The normalized spacial score (nSPS) is 17.6. The summed E-state index contributed by atoms with van der Waals surface area (Å²) in [7, 11) is 0. The van der Waals surface area contributed by atoms with E-state index in [1.807, 2.05) is 11.8 Å². The van der Waals surface area contributed by atoms with Crippen molar-refractivity contribution in [3.05, 3.63) is 23.4 Å². The van der Waals surface area contributed by atoms with Crippen molar-refractivity contribution < 1.29 is 18.0 Å². The number of alkyl halides is 3. The zero-order valence-electron chi connectivity index (χ0n) is 10.6. The molecule has 1 aliphatic rings. The van der Waals surface area contributed by atoms with E-state index in [9.17, 15) is 18.0 Å². The predicted molar refractivity (Wildman–Crippen MR) is 65.4 cm³/mol. The minimum Gasteiger partial charge on any atom is -0.356 e. The first-order chi connectivity index (χ1) is 8.91. The van der Waals surface area contributed by atoms with Crippen LogP contribution in [-0.4, -0.2) is 30.5 Å². The Kier molecular flexibility index (Phi) is 3.78. The molecule has 1 aromatic heterocycles. The van der Waals surface area contributed by atoms with Crippen LogP contribution in [0.2, 0.25) is 0 Å². The van der Waals surface area contributed by atoms with Gasteiger partial charge >= 0.3 is 6.18 Å². The third kappa shape index (κ3) is 3.05. The van der Waals surface area contributed by atoms with Gasteiger partial charge in [0, 0.05) is 24.8 Å². The molecule has 0 saturated carbocycles. The molecule has 0 unspecified atom stereocenters. The minimum absolute atomic E-state index is 0.0973. The van der Waals surface area contributed by atoms with Crippen LogP contribution in [-0.2, 0) is 0 Å². The van der Waals surface area contributed by atoms with Crippen molar-refractivity contribution in [2.45, 2.75) is 25.9 Å². The fourth-order valence-corrected chi connectivity index (χ4v) is 2.40. The van der Waals surface area contributed by atoms with Crippen LogP contribution >= 0.6 is 0 Å². The van der Waals surface area contributed by atoms with Crippen molar-refractivity contribution >= 4 is 12.1 Å². The molecule has 3 nitrogen and oxygen atoms in total. The van der Waals surface area contributed by atoms with Crippen LogP contribution < -0.4 is 4.90 Å². The van der Waals surface area contributed by atoms with Gasteiger partial charge in [0.1, 0.15) is 5.82 Å². The number of carbonyl (C=O) groups is 1. The summed E-state index contributed by atoms with van der Waals surface area (Å²) in [6.07, 6.45) is -1.75. The Balaban J connectivity index is 2.08. The lowest BCUT2D eigenvalue weighted by Gasteiger charge is -2.34. The molecule has 0 radical (unpaired) electrons. The Bertz CT molecular complexity index is 465. The van der Waals surface area contributed by atoms with E-state index in [0.29, 0.717) is 30.8 Å². The molecule has 0 aliphatic carbocycles. The molecule has 0 atom stereocenters. The highest BCUT2D eigenvalue weighted by atomic mass is 19.4. The van der Waals surface area contributed by atoms with Gasteiger partial charge in [-0.25, -0.2) is 4.98 Å². The van der Waals surface area contributed by atoms with Gasteiger partial charge in [0.25, 0.3) is 0 Å². The van der Waals surface area contributed by atoms with Gasteiger partial charge < -0.3 is 4.90 Å². The number of piperidine rings is 1. The number of aldehydes is 1. The molecule has 19 heavy (non-hydrogen) atoms. The van der Waals surface area contributed by atoms with Gasteiger partial charge in [-0.05, 0) is 31.4 Å². The van der Waals surface area contributed by atoms with Crippen molar-refractivity contribution in [3.63, 3.8) is 0 Å². The number of rotatable bonds is 2. The molecule has 0 N–H and O–H groups in total. The van der Waals surface area contributed by atoms with E-state index in [1.165, 1.54) is 6.20 Å². The predicted octanol–water partition coefficient (Wildman–Crippen LogP) is 2.98. The summed E-state index contributed by atoms with van der Waals surface area (Å²) in [6, 6.07) is 1.70. The molecule has 0 aromatic carbocycles. The average Bonchev–Trinajstić information content (AvgIpc) is 2.37. The molecule has 2 heterocycles. The van der Waals surface area contributed by atoms with E-state index >= 15 is 0 Å². The third-order valence-corrected chi connectivity index (χ3v) is 3.47. The molecule has 0 bridgehead atoms. The van der Waals surface area contributed by atoms with Gasteiger partial charge in [0.05, 0.1) is 5.92 Å². The number of hydrogen-bond acceptors (Lipinski definition) is 3. The number of hydrogen-bond donors (Lipinski definition) is 0. The van der Waals surface area contributed by atoms with Crippen LogP contribution in [0, 0.1) is 12.8 Å². The van der Waals surface area contributed by atoms with Gasteiger partial charge in [-0.3, -0.25) is 4.79 Å². The van der Waals surface area contributed by atoms with Crippen molar-refractivity contribution in [2.75, 3.05) is 18.0 Å². The lowest BCUT2D eigenvalue weighted by molar-refractivity contribution is -0.179. The number of aromatic nitrogens is 1. The highest BCUT2D eigenvalue weighted by molar-refractivity contribution is 5.75. The van der Waals surface area contributed by atoms with Crippen LogP contribution in [0.25, 0.3) is 0 Å². The maximum Gasteiger partial charge on any atom is 0.391 e. The number of halogens is 3. The van der Waals surface area contributed by atoms with Crippen LogP contribution in [0.3, 0.4) is 0 Å². The average molecular weight is 272 g/mol. The Morgan fingerprint density at radius 1 is 1.37 bits per heavy atom. The van der Waals surface area contributed by atoms with Crippen molar-refractivity contribution in [2.24, 2.45) is 5.92 Å². The molecule has 1 fully saturated rings. The monoisotopic (exact) mass is 272 g/mol. The standard InChI is InChI=1S/C13H15F3N2O/c1-9-6-10(8-19)7-17-12(9)18-4-2-11(3-5-18)13(14,15)16/h6-8,11H,2-5H2,1H3. The number of carbonyl (C=O) groups excluding carboxylic acids is 1. The zero-order chi connectivity index (χ0) is 14.0. The van der Waals surface area contributed by atoms with Crippen molar-refractivity contribution in [1.29, 1.82) is 0 Å². The Labute approximate surface area is 109 Å². The summed E-state index contributed by atoms with van der Waals surface area (Å²) in [5.41, 5.74) is 1.29. The SMILES string of the molecule is Cc1cc(C=O)cnc1N1CCC(C(F)(F)F)CC1. The maximum absolute atomic E-state index is 12.6. The molecule has 1 aliphatic heterocycles. The van der Waals surface area contributed by atoms with Crippen LogP contribution in [0.15, 0.2) is 12.3 Å². The summed E-state index contributed by atoms with van der Waals surface area (Å²) in [5.74, 6) is -0.537. The topological polar surface area (TPSA) is 33.2 Å². The first kappa shape index (κ1) is 13.8. The number of pyridine rings is 1. The summed E-state index contributed by atoms with van der Waals surface area (Å²) in [6.45, 7) is 2.50. The molecule has 6 heteroatoms. The molecule has 1 aromatic rings. The highest BCUT2D eigenvalue weighted by Gasteiger charge is 2.41. The maximum atomic E-state index is 12.6. The molecule has 2 rings (SSSR count). The number of aryl methyl sites for hydroxylation is 1. The lowest BCUT2D eigenvalue weighted by Crippen LogP contribution is -2.39. The fraction of sp³-hybridized carbons (Fsp3) is 0.538. The summed E-state index contributed by atoms with van der Waals surface area (Å²) in [4.78, 5) is 16.6. The summed E-state index contributed by atoms with van der Waals surface area (Å²) < 4.78 is 37.7. The second kappa shape index (κ2) is 5.19. The largest absolute Gasteiger partial charge is 0.391 e. The van der Waals surface area contributed by atoms with Crippen LogP contribution in [0.4, 0.5) is 19.0 Å². The van der Waals surface area contributed by atoms with Crippen LogP contribution in [0.5, 0.6) is 0 Å². The molecular formula is C13H15F3N2O. The Hall–Kier alpha value is -1.59. The number of anilines is 1. The third-order valence-electron chi connectivity index (χ3n) is 3.47. The molecule has 1 saturated heterocycles. The van der Waals surface area contributed by atoms with Gasteiger partial charge in [0.15, 0.2) is 6.29 Å². The van der Waals surface area contributed by atoms with Gasteiger partial charge in [-0.2, -0.15) is 13.2 Å². The van der Waals surface area contributed by atoms with E-state index in [4.69, 9.17) is 0 Å². The van der Waals surface area contributed by atoms with E-state index in [1.54, 1.807) is 6.07 Å². The Morgan fingerprint density at radius 2 is 2.00 bits per heavy atom. The second-order valence-corrected chi connectivity index (χ2v) is 4.83. The van der Waals surface area contributed by atoms with Crippen molar-refractivity contribution in [1.82, 2.24) is 4.98 Å². The molecular weight excluding hydrogens is 257 g/mol.